The minimum atomic E-state index is 0.434. The predicted octanol–water partition coefficient (Wildman–Crippen LogP) is 4.59. The summed E-state index contributed by atoms with van der Waals surface area (Å²) in [6.45, 7) is 0.434. The second-order valence-corrected chi connectivity index (χ2v) is 4.89. The Morgan fingerprint density at radius 3 is 2.78 bits per heavy atom. The zero-order valence-electron chi connectivity index (χ0n) is 9.51. The van der Waals surface area contributed by atoms with Crippen LogP contribution in [0.2, 0.25) is 5.02 Å². The molecule has 2 rings (SSSR count). The number of pyridine rings is 1. The third kappa shape index (κ3) is 3.86. The van der Waals surface area contributed by atoms with E-state index in [0.29, 0.717) is 17.5 Å². The van der Waals surface area contributed by atoms with Gasteiger partial charge in [0.2, 0.25) is 5.88 Å². The molecule has 0 aliphatic carbocycles. The number of hydrogen-bond acceptors (Lipinski definition) is 2. The molecular formula is C14H11BrClNO. The van der Waals surface area contributed by atoms with E-state index >= 15 is 0 Å². The van der Waals surface area contributed by atoms with Gasteiger partial charge in [0.25, 0.3) is 0 Å². The third-order valence-electron chi connectivity index (χ3n) is 2.20. The van der Waals surface area contributed by atoms with Crippen LogP contribution in [0, 0.1) is 0 Å². The molecule has 0 N–H and O–H groups in total. The summed E-state index contributed by atoms with van der Waals surface area (Å²) in [5, 5.41) is 0.498. The van der Waals surface area contributed by atoms with Crippen molar-refractivity contribution in [1.82, 2.24) is 4.98 Å². The Kier molecular flexibility index (Phi) is 4.79. The van der Waals surface area contributed by atoms with Crippen LogP contribution in [-0.4, -0.2) is 11.6 Å². The quantitative estimate of drug-likeness (QED) is 0.820. The highest BCUT2D eigenvalue weighted by Gasteiger charge is 2.02. The van der Waals surface area contributed by atoms with Crippen molar-refractivity contribution in [1.29, 1.82) is 0 Å². The van der Waals surface area contributed by atoms with Gasteiger partial charge >= 0.3 is 0 Å². The van der Waals surface area contributed by atoms with Crippen molar-refractivity contribution in [2.75, 3.05) is 6.61 Å². The monoisotopic (exact) mass is 323 g/mol. The lowest BCUT2D eigenvalue weighted by Crippen LogP contribution is -1.96. The normalized spacial score (nSPS) is 10.8. The van der Waals surface area contributed by atoms with Crippen molar-refractivity contribution in [3.63, 3.8) is 0 Å². The molecule has 18 heavy (non-hydrogen) atoms. The first-order valence-corrected chi connectivity index (χ1v) is 6.58. The summed E-state index contributed by atoms with van der Waals surface area (Å²) in [7, 11) is 0. The number of rotatable bonds is 4. The average molecular weight is 325 g/mol. The Labute approximate surface area is 119 Å². The fourth-order valence-electron chi connectivity index (χ4n) is 1.38. The lowest BCUT2D eigenvalue weighted by atomic mass is 10.2. The molecule has 2 aromatic rings. The summed E-state index contributed by atoms with van der Waals surface area (Å²) in [5.41, 5.74) is 1.14. The Morgan fingerprint density at radius 1 is 1.28 bits per heavy atom. The van der Waals surface area contributed by atoms with Crippen LogP contribution in [0.1, 0.15) is 5.56 Å². The largest absolute Gasteiger partial charge is 0.472 e. The van der Waals surface area contributed by atoms with E-state index < -0.39 is 0 Å². The Hall–Kier alpha value is -1.32. The molecule has 0 fully saturated rings. The van der Waals surface area contributed by atoms with Crippen LogP contribution in [0.3, 0.4) is 0 Å². The van der Waals surface area contributed by atoms with Crippen molar-refractivity contribution in [2.24, 2.45) is 0 Å². The molecule has 2 nitrogen and oxygen atoms in total. The maximum atomic E-state index is 5.98. The molecule has 1 heterocycles. The first kappa shape index (κ1) is 13.1. The van der Waals surface area contributed by atoms with Gasteiger partial charge < -0.3 is 4.74 Å². The SMILES string of the molecule is Clc1cc(Br)cnc1OC/C=C/c1ccccc1. The van der Waals surface area contributed by atoms with Crippen LogP contribution in [0.4, 0.5) is 0 Å². The minimum absolute atomic E-state index is 0.434. The van der Waals surface area contributed by atoms with Crippen molar-refractivity contribution in [3.05, 3.63) is 63.7 Å². The smallest absolute Gasteiger partial charge is 0.232 e. The molecule has 0 saturated carbocycles. The second kappa shape index (κ2) is 6.57. The highest BCUT2D eigenvalue weighted by molar-refractivity contribution is 9.10. The standard InChI is InChI=1S/C14H11BrClNO/c15-12-9-13(16)14(17-10-12)18-8-4-7-11-5-2-1-3-6-11/h1-7,9-10H,8H2/b7-4+. The van der Waals surface area contributed by atoms with E-state index in [1.807, 2.05) is 42.5 Å². The fourth-order valence-corrected chi connectivity index (χ4v) is 2.07. The van der Waals surface area contributed by atoms with E-state index in [2.05, 4.69) is 20.9 Å². The van der Waals surface area contributed by atoms with Crippen molar-refractivity contribution in [3.8, 4) is 5.88 Å². The van der Waals surface area contributed by atoms with E-state index in [-0.39, 0.29) is 0 Å². The maximum Gasteiger partial charge on any atom is 0.232 e. The lowest BCUT2D eigenvalue weighted by Gasteiger charge is -2.04. The number of benzene rings is 1. The molecule has 0 radical (unpaired) electrons. The van der Waals surface area contributed by atoms with Crippen LogP contribution in [0.25, 0.3) is 6.08 Å². The Morgan fingerprint density at radius 2 is 2.06 bits per heavy atom. The van der Waals surface area contributed by atoms with E-state index in [1.165, 1.54) is 0 Å². The van der Waals surface area contributed by atoms with Crippen LogP contribution < -0.4 is 4.74 Å². The molecule has 0 unspecified atom stereocenters. The summed E-state index contributed by atoms with van der Waals surface area (Å²) >= 11 is 9.28. The molecule has 4 heteroatoms. The second-order valence-electron chi connectivity index (χ2n) is 3.56. The molecule has 0 aliphatic rings. The van der Waals surface area contributed by atoms with Crippen molar-refractivity contribution >= 4 is 33.6 Å². The predicted molar refractivity (Wildman–Crippen MR) is 77.9 cm³/mol. The maximum absolute atomic E-state index is 5.98. The van der Waals surface area contributed by atoms with Gasteiger partial charge in [0.05, 0.1) is 0 Å². The number of nitrogens with zero attached hydrogens (tertiary/aromatic N) is 1. The molecular weight excluding hydrogens is 314 g/mol. The highest BCUT2D eigenvalue weighted by Crippen LogP contribution is 2.24. The van der Waals surface area contributed by atoms with Gasteiger partial charge in [-0.3, -0.25) is 0 Å². The lowest BCUT2D eigenvalue weighted by molar-refractivity contribution is 0.349. The van der Waals surface area contributed by atoms with Gasteiger partial charge in [-0.1, -0.05) is 48.0 Å². The summed E-state index contributed by atoms with van der Waals surface area (Å²) in [6, 6.07) is 11.8. The van der Waals surface area contributed by atoms with Crippen LogP contribution >= 0.6 is 27.5 Å². The first-order chi connectivity index (χ1) is 8.75. The Bertz CT molecular complexity index is 543. The number of hydrogen-bond donors (Lipinski definition) is 0. The van der Waals surface area contributed by atoms with E-state index in [1.54, 1.807) is 12.3 Å². The molecule has 0 amide bonds. The third-order valence-corrected chi connectivity index (χ3v) is 2.90. The molecule has 1 aromatic carbocycles. The number of aromatic nitrogens is 1. The van der Waals surface area contributed by atoms with Gasteiger partial charge in [0, 0.05) is 10.7 Å². The van der Waals surface area contributed by atoms with Gasteiger partial charge in [0.15, 0.2) is 0 Å². The first-order valence-electron chi connectivity index (χ1n) is 5.41. The number of halogens is 2. The molecule has 0 bridgehead atoms. The van der Waals surface area contributed by atoms with Crippen LogP contribution in [-0.2, 0) is 0 Å². The summed E-state index contributed by atoms with van der Waals surface area (Å²) in [6.07, 6.45) is 5.57. The fraction of sp³-hybridized carbons (Fsp3) is 0.0714. The molecule has 0 aliphatic heterocycles. The summed E-state index contributed by atoms with van der Waals surface area (Å²) < 4.78 is 6.30. The molecule has 0 atom stereocenters. The van der Waals surface area contributed by atoms with Gasteiger partial charge in [-0.2, -0.15) is 0 Å². The molecule has 1 aromatic heterocycles. The zero-order chi connectivity index (χ0) is 12.8. The molecule has 0 spiro atoms. The van der Waals surface area contributed by atoms with Gasteiger partial charge in [-0.15, -0.1) is 0 Å². The van der Waals surface area contributed by atoms with Gasteiger partial charge in [-0.25, -0.2) is 4.98 Å². The van der Waals surface area contributed by atoms with E-state index in [9.17, 15) is 0 Å². The van der Waals surface area contributed by atoms with Gasteiger partial charge in [-0.05, 0) is 33.6 Å². The Balaban J connectivity index is 1.91. The minimum Gasteiger partial charge on any atom is -0.472 e. The van der Waals surface area contributed by atoms with Crippen LogP contribution in [0.5, 0.6) is 5.88 Å². The zero-order valence-corrected chi connectivity index (χ0v) is 11.9. The molecule has 92 valence electrons. The number of ether oxygens (including phenoxy) is 1. The summed E-state index contributed by atoms with van der Waals surface area (Å²) in [5.74, 6) is 0.442. The van der Waals surface area contributed by atoms with Crippen LogP contribution in [0.15, 0.2) is 53.1 Å². The molecule has 0 saturated heterocycles. The van der Waals surface area contributed by atoms with E-state index in [0.717, 1.165) is 10.0 Å². The topological polar surface area (TPSA) is 22.1 Å². The van der Waals surface area contributed by atoms with Gasteiger partial charge in [0.1, 0.15) is 11.6 Å². The van der Waals surface area contributed by atoms with Crippen molar-refractivity contribution < 1.29 is 4.74 Å². The summed E-state index contributed by atoms with van der Waals surface area (Å²) in [4.78, 5) is 4.09. The van der Waals surface area contributed by atoms with E-state index in [4.69, 9.17) is 16.3 Å². The average Bonchev–Trinajstić information content (AvgIpc) is 2.38. The highest BCUT2D eigenvalue weighted by atomic mass is 79.9. The van der Waals surface area contributed by atoms with Crippen molar-refractivity contribution in [2.45, 2.75) is 0 Å².